The third kappa shape index (κ3) is 3.26. The molecule has 3 nitrogen and oxygen atoms in total. The van der Waals surface area contributed by atoms with Gasteiger partial charge in [0.25, 0.3) is 0 Å². The number of benzene rings is 2. The van der Waals surface area contributed by atoms with E-state index in [1.165, 1.54) is 11.6 Å². The van der Waals surface area contributed by atoms with E-state index < -0.39 is 0 Å². The molecule has 0 spiro atoms. The Balaban J connectivity index is 1.98. The second-order valence-electron chi connectivity index (χ2n) is 6.93. The van der Waals surface area contributed by atoms with Gasteiger partial charge in [-0.1, -0.05) is 56.6 Å². The van der Waals surface area contributed by atoms with Crippen molar-refractivity contribution in [2.24, 2.45) is 0 Å². The summed E-state index contributed by atoms with van der Waals surface area (Å²) in [5.41, 5.74) is 2.83. The number of nitrogens with zero attached hydrogens (tertiary/aromatic N) is 1. The zero-order chi connectivity index (χ0) is 17.5. The van der Waals surface area contributed by atoms with Crippen LogP contribution in [-0.2, 0) is 10.2 Å². The third-order valence-electron chi connectivity index (χ3n) is 4.13. The van der Waals surface area contributed by atoms with Crippen LogP contribution in [0.3, 0.4) is 0 Å². The Labute approximate surface area is 151 Å². The van der Waals surface area contributed by atoms with E-state index in [-0.39, 0.29) is 22.4 Å². The molecule has 1 fully saturated rings. The van der Waals surface area contributed by atoms with Gasteiger partial charge in [-0.3, -0.25) is 9.69 Å². The smallest absolute Gasteiger partial charge is 0.238 e. The van der Waals surface area contributed by atoms with E-state index >= 15 is 0 Å². The molecule has 0 saturated carbocycles. The molecule has 2 aromatic rings. The molecule has 5 heteroatoms. The summed E-state index contributed by atoms with van der Waals surface area (Å²) >= 11 is 7.61. The molecule has 1 atom stereocenters. The monoisotopic (exact) mass is 361 g/mol. The van der Waals surface area contributed by atoms with E-state index in [1.807, 2.05) is 0 Å². The fourth-order valence-electron chi connectivity index (χ4n) is 2.77. The number of anilines is 1. The summed E-state index contributed by atoms with van der Waals surface area (Å²) in [5, 5.41) is 10.5. The molecule has 0 aliphatic carbocycles. The summed E-state index contributed by atoms with van der Waals surface area (Å²) in [6.45, 7) is 6.52. The van der Waals surface area contributed by atoms with Crippen molar-refractivity contribution >= 4 is 35.0 Å². The Morgan fingerprint density at radius 3 is 2.46 bits per heavy atom. The predicted molar refractivity (Wildman–Crippen MR) is 101 cm³/mol. The van der Waals surface area contributed by atoms with Crippen LogP contribution >= 0.6 is 23.4 Å². The summed E-state index contributed by atoms with van der Waals surface area (Å²) in [4.78, 5) is 14.0. The molecule has 1 unspecified atom stereocenters. The van der Waals surface area contributed by atoms with Crippen LogP contribution in [0.1, 0.15) is 37.3 Å². The first kappa shape index (κ1) is 17.2. The van der Waals surface area contributed by atoms with Crippen LogP contribution in [0.5, 0.6) is 5.75 Å². The van der Waals surface area contributed by atoms with Crippen molar-refractivity contribution in [1.29, 1.82) is 0 Å². The van der Waals surface area contributed by atoms with E-state index in [9.17, 15) is 9.90 Å². The lowest BCUT2D eigenvalue weighted by molar-refractivity contribution is -0.115. The highest BCUT2D eigenvalue weighted by Crippen LogP contribution is 2.45. The molecule has 0 bridgehead atoms. The molecule has 0 aromatic heterocycles. The maximum Gasteiger partial charge on any atom is 0.238 e. The standard InChI is InChI=1S/C19H20ClNO2S/c1-19(2,3)13-6-4-12(5-7-13)18-21(17(23)11-24-18)15-10-14(20)8-9-16(15)22/h4-10,18,22H,11H2,1-3H3. The predicted octanol–water partition coefficient (Wildman–Crippen LogP) is 5.12. The average molecular weight is 362 g/mol. The lowest BCUT2D eigenvalue weighted by Gasteiger charge is -2.26. The number of phenolic OH excluding ortho intramolecular Hbond substituents is 1. The average Bonchev–Trinajstić information content (AvgIpc) is 2.90. The Kier molecular flexibility index (Phi) is 4.54. The maximum atomic E-state index is 12.4. The Morgan fingerprint density at radius 1 is 1.17 bits per heavy atom. The Hall–Kier alpha value is -1.65. The zero-order valence-corrected chi connectivity index (χ0v) is 15.5. The van der Waals surface area contributed by atoms with Crippen molar-refractivity contribution in [3.63, 3.8) is 0 Å². The van der Waals surface area contributed by atoms with Crippen LogP contribution < -0.4 is 4.90 Å². The molecular formula is C19H20ClNO2S. The molecule has 2 aromatic carbocycles. The summed E-state index contributed by atoms with van der Waals surface area (Å²) in [7, 11) is 0. The van der Waals surface area contributed by atoms with E-state index in [2.05, 4.69) is 45.0 Å². The van der Waals surface area contributed by atoms with Gasteiger partial charge in [0, 0.05) is 5.02 Å². The van der Waals surface area contributed by atoms with Gasteiger partial charge >= 0.3 is 0 Å². The lowest BCUT2D eigenvalue weighted by Crippen LogP contribution is -2.28. The molecule has 0 radical (unpaired) electrons. The number of rotatable bonds is 2. The highest BCUT2D eigenvalue weighted by atomic mass is 35.5. The Morgan fingerprint density at radius 2 is 1.83 bits per heavy atom. The molecule has 1 heterocycles. The van der Waals surface area contributed by atoms with Crippen molar-refractivity contribution in [2.75, 3.05) is 10.7 Å². The van der Waals surface area contributed by atoms with Crippen LogP contribution in [-0.4, -0.2) is 16.8 Å². The number of carbonyl (C=O) groups excluding carboxylic acids is 1. The van der Waals surface area contributed by atoms with Gasteiger partial charge in [-0.15, -0.1) is 11.8 Å². The zero-order valence-electron chi connectivity index (χ0n) is 13.9. The summed E-state index contributed by atoms with van der Waals surface area (Å²) in [6, 6.07) is 13.1. The van der Waals surface area contributed by atoms with Crippen molar-refractivity contribution in [1.82, 2.24) is 0 Å². The van der Waals surface area contributed by atoms with Crippen molar-refractivity contribution in [2.45, 2.75) is 31.6 Å². The van der Waals surface area contributed by atoms with Gasteiger partial charge in [0.05, 0.1) is 11.4 Å². The summed E-state index contributed by atoms with van der Waals surface area (Å²) in [6.07, 6.45) is 0. The van der Waals surface area contributed by atoms with Gasteiger partial charge in [-0.25, -0.2) is 0 Å². The van der Waals surface area contributed by atoms with E-state index in [0.29, 0.717) is 16.5 Å². The van der Waals surface area contributed by atoms with E-state index in [0.717, 1.165) is 5.56 Å². The lowest BCUT2D eigenvalue weighted by atomic mass is 9.86. The maximum absolute atomic E-state index is 12.4. The minimum atomic E-state index is -0.157. The van der Waals surface area contributed by atoms with Crippen LogP contribution in [0.4, 0.5) is 5.69 Å². The quantitative estimate of drug-likeness (QED) is 0.806. The third-order valence-corrected chi connectivity index (χ3v) is 5.57. The summed E-state index contributed by atoms with van der Waals surface area (Å²) < 4.78 is 0. The minimum absolute atomic E-state index is 0.0255. The molecule has 24 heavy (non-hydrogen) atoms. The van der Waals surface area contributed by atoms with Crippen LogP contribution in [0.15, 0.2) is 42.5 Å². The van der Waals surface area contributed by atoms with Gasteiger partial charge < -0.3 is 5.11 Å². The fourth-order valence-corrected chi connectivity index (χ4v) is 4.10. The van der Waals surface area contributed by atoms with Crippen LogP contribution in [0.2, 0.25) is 5.02 Å². The summed E-state index contributed by atoms with van der Waals surface area (Å²) in [5.74, 6) is 0.423. The number of carbonyl (C=O) groups is 1. The first-order valence-electron chi connectivity index (χ1n) is 7.80. The van der Waals surface area contributed by atoms with E-state index in [4.69, 9.17) is 11.6 Å². The highest BCUT2D eigenvalue weighted by Gasteiger charge is 2.35. The van der Waals surface area contributed by atoms with Crippen molar-refractivity contribution in [3.8, 4) is 5.75 Å². The van der Waals surface area contributed by atoms with Gasteiger partial charge in [-0.2, -0.15) is 0 Å². The first-order valence-corrected chi connectivity index (χ1v) is 9.22. The second kappa shape index (κ2) is 6.34. The molecule has 1 saturated heterocycles. The molecule has 1 amide bonds. The second-order valence-corrected chi connectivity index (χ2v) is 8.44. The minimum Gasteiger partial charge on any atom is -0.506 e. The number of amides is 1. The molecule has 3 rings (SSSR count). The van der Waals surface area contributed by atoms with Crippen molar-refractivity contribution in [3.05, 3.63) is 58.6 Å². The number of thioether (sulfide) groups is 1. The van der Waals surface area contributed by atoms with E-state index in [1.54, 1.807) is 28.8 Å². The van der Waals surface area contributed by atoms with Gasteiger partial charge in [0.2, 0.25) is 5.91 Å². The van der Waals surface area contributed by atoms with Crippen LogP contribution in [0, 0.1) is 0 Å². The number of hydrogen-bond acceptors (Lipinski definition) is 3. The SMILES string of the molecule is CC(C)(C)c1ccc(C2SCC(=O)N2c2cc(Cl)ccc2O)cc1. The fraction of sp³-hybridized carbons (Fsp3) is 0.316. The van der Waals surface area contributed by atoms with Gasteiger partial charge in [0.15, 0.2) is 0 Å². The molecule has 1 aliphatic heterocycles. The molecular weight excluding hydrogens is 342 g/mol. The molecule has 1 aliphatic rings. The first-order chi connectivity index (χ1) is 11.3. The number of phenols is 1. The largest absolute Gasteiger partial charge is 0.506 e. The number of hydrogen-bond donors (Lipinski definition) is 1. The van der Waals surface area contributed by atoms with Gasteiger partial charge in [0.1, 0.15) is 11.1 Å². The topological polar surface area (TPSA) is 40.5 Å². The van der Waals surface area contributed by atoms with Gasteiger partial charge in [-0.05, 0) is 34.7 Å². The van der Waals surface area contributed by atoms with Crippen LogP contribution in [0.25, 0.3) is 0 Å². The van der Waals surface area contributed by atoms with Crippen molar-refractivity contribution < 1.29 is 9.90 Å². The molecule has 1 N–H and O–H groups in total. The highest BCUT2D eigenvalue weighted by molar-refractivity contribution is 8.00. The number of halogens is 1. The Bertz CT molecular complexity index is 768. The number of aromatic hydroxyl groups is 1. The normalized spacial score (nSPS) is 18.2. The molecule has 126 valence electrons.